The van der Waals surface area contributed by atoms with E-state index in [1.54, 1.807) is 0 Å². The van der Waals surface area contributed by atoms with E-state index in [1.807, 2.05) is 31.2 Å². The van der Waals surface area contributed by atoms with Gasteiger partial charge in [0.2, 0.25) is 0 Å². The van der Waals surface area contributed by atoms with Crippen molar-refractivity contribution in [2.45, 2.75) is 39.2 Å². The van der Waals surface area contributed by atoms with Crippen LogP contribution in [0.4, 0.5) is 0 Å². The Morgan fingerprint density at radius 3 is 2.82 bits per heavy atom. The number of aliphatic hydroxyl groups excluding tert-OH is 1. The van der Waals surface area contributed by atoms with Gasteiger partial charge >= 0.3 is 0 Å². The summed E-state index contributed by atoms with van der Waals surface area (Å²) in [7, 11) is 2.05. The smallest absolute Gasteiger partial charge is 0.193 e. The van der Waals surface area contributed by atoms with Crippen LogP contribution in [0, 0.1) is 12.8 Å². The fourth-order valence-electron chi connectivity index (χ4n) is 3.13. The van der Waals surface area contributed by atoms with Crippen LogP contribution in [0.15, 0.2) is 29.3 Å². The number of nitrogens with one attached hydrogen (secondary N) is 1. The zero-order valence-corrected chi connectivity index (χ0v) is 19.7. The van der Waals surface area contributed by atoms with Gasteiger partial charge in [0.25, 0.3) is 0 Å². The Balaban J connectivity index is 0.00000392. The molecule has 28 heavy (non-hydrogen) atoms. The average molecular weight is 505 g/mol. The number of benzene rings is 1. The second kappa shape index (κ2) is 14.0. The van der Waals surface area contributed by atoms with Gasteiger partial charge in [0.05, 0.1) is 6.54 Å². The molecule has 0 aromatic heterocycles. The third-order valence-electron chi connectivity index (χ3n) is 4.79. The van der Waals surface area contributed by atoms with Gasteiger partial charge in [-0.25, -0.2) is 0 Å². The first-order valence-electron chi connectivity index (χ1n) is 10.0. The summed E-state index contributed by atoms with van der Waals surface area (Å²) < 4.78 is 11.1. The number of rotatable bonds is 9. The Hall–Kier alpha value is -1.06. The largest absolute Gasteiger partial charge is 0.491 e. The summed E-state index contributed by atoms with van der Waals surface area (Å²) in [6, 6.07) is 7.83. The topological polar surface area (TPSA) is 66.3 Å². The van der Waals surface area contributed by atoms with Gasteiger partial charge in [-0.2, -0.15) is 0 Å². The van der Waals surface area contributed by atoms with E-state index < -0.39 is 6.10 Å². The van der Waals surface area contributed by atoms with Crippen molar-refractivity contribution in [2.24, 2.45) is 10.9 Å². The lowest BCUT2D eigenvalue weighted by atomic mass is 9.96. The van der Waals surface area contributed by atoms with Gasteiger partial charge < -0.3 is 24.8 Å². The molecular weight excluding hydrogens is 469 g/mol. The molecule has 1 heterocycles. The summed E-state index contributed by atoms with van der Waals surface area (Å²) in [5.74, 6) is 2.34. The first kappa shape index (κ1) is 25.0. The highest BCUT2D eigenvalue weighted by Crippen LogP contribution is 2.18. The molecule has 0 spiro atoms. The zero-order valence-electron chi connectivity index (χ0n) is 17.4. The Kier molecular flexibility index (Phi) is 12.5. The van der Waals surface area contributed by atoms with Gasteiger partial charge in [-0.15, -0.1) is 24.0 Å². The van der Waals surface area contributed by atoms with E-state index in [1.165, 1.54) is 0 Å². The zero-order chi connectivity index (χ0) is 19.5. The summed E-state index contributed by atoms with van der Waals surface area (Å²) in [5.41, 5.74) is 1.14. The lowest BCUT2D eigenvalue weighted by Gasteiger charge is -2.27. The van der Waals surface area contributed by atoms with Crippen molar-refractivity contribution in [3.05, 3.63) is 29.8 Å². The monoisotopic (exact) mass is 505 g/mol. The predicted molar refractivity (Wildman–Crippen MR) is 125 cm³/mol. The summed E-state index contributed by atoms with van der Waals surface area (Å²) in [6.07, 6.45) is 2.80. The van der Waals surface area contributed by atoms with Crippen LogP contribution in [-0.2, 0) is 4.74 Å². The minimum atomic E-state index is -0.636. The van der Waals surface area contributed by atoms with Crippen molar-refractivity contribution in [3.8, 4) is 5.75 Å². The molecule has 0 bridgehead atoms. The van der Waals surface area contributed by atoms with Crippen LogP contribution in [0.5, 0.6) is 5.75 Å². The van der Waals surface area contributed by atoms with Gasteiger partial charge in [-0.05, 0) is 56.7 Å². The van der Waals surface area contributed by atoms with E-state index in [9.17, 15) is 5.11 Å². The summed E-state index contributed by atoms with van der Waals surface area (Å²) in [6.45, 7) is 8.15. The Morgan fingerprint density at radius 2 is 2.14 bits per heavy atom. The maximum absolute atomic E-state index is 10.2. The normalized spacial score (nSPS) is 16.2. The van der Waals surface area contributed by atoms with Gasteiger partial charge in [-0.1, -0.05) is 12.1 Å². The molecular formula is C21H36IN3O3. The molecule has 1 atom stereocenters. The average Bonchev–Trinajstić information content (AvgIpc) is 2.68. The lowest BCUT2D eigenvalue weighted by molar-refractivity contribution is 0.0625. The number of ether oxygens (including phenoxy) is 2. The molecule has 1 aliphatic rings. The predicted octanol–water partition coefficient (Wildman–Crippen LogP) is 3.07. The molecule has 0 aliphatic carbocycles. The third-order valence-corrected chi connectivity index (χ3v) is 4.79. The van der Waals surface area contributed by atoms with Crippen LogP contribution in [-0.4, -0.2) is 68.6 Å². The molecule has 0 radical (unpaired) electrons. The van der Waals surface area contributed by atoms with Crippen LogP contribution < -0.4 is 10.1 Å². The maximum Gasteiger partial charge on any atom is 0.193 e. The van der Waals surface area contributed by atoms with Crippen molar-refractivity contribution in [2.75, 3.05) is 46.5 Å². The molecule has 160 valence electrons. The van der Waals surface area contributed by atoms with Crippen LogP contribution in [0.25, 0.3) is 0 Å². The van der Waals surface area contributed by atoms with Crippen molar-refractivity contribution in [1.82, 2.24) is 10.2 Å². The number of hydrogen-bond acceptors (Lipinski definition) is 4. The minimum Gasteiger partial charge on any atom is -0.491 e. The van der Waals surface area contributed by atoms with Crippen molar-refractivity contribution >= 4 is 29.9 Å². The number of aliphatic hydroxyl groups is 1. The molecule has 1 aliphatic heterocycles. The van der Waals surface area contributed by atoms with E-state index >= 15 is 0 Å². The van der Waals surface area contributed by atoms with Crippen LogP contribution in [0.2, 0.25) is 0 Å². The molecule has 2 rings (SSSR count). The molecule has 0 saturated carbocycles. The summed E-state index contributed by atoms with van der Waals surface area (Å²) in [5, 5.41) is 13.5. The first-order chi connectivity index (χ1) is 13.1. The van der Waals surface area contributed by atoms with Crippen LogP contribution in [0.3, 0.4) is 0 Å². The first-order valence-corrected chi connectivity index (χ1v) is 10.0. The molecule has 1 fully saturated rings. The highest BCUT2D eigenvalue weighted by molar-refractivity contribution is 14.0. The SMILES string of the molecule is CCNC(=NCC(O)COc1cccc(C)c1)N(C)CCC1CCOCC1.I. The molecule has 6 nitrogen and oxygen atoms in total. The fraction of sp³-hybridized carbons (Fsp3) is 0.667. The standard InChI is InChI=1S/C21H35N3O3.HI/c1-4-22-21(24(3)11-8-18-9-12-26-13-10-18)23-15-19(25)16-27-20-7-5-6-17(2)14-20;/h5-7,14,18-19,25H,4,8-13,15-16H2,1-3H3,(H,22,23);1H. The third kappa shape index (κ3) is 9.43. The van der Waals surface area contributed by atoms with Gasteiger partial charge in [-0.3, -0.25) is 4.99 Å². The molecule has 1 saturated heterocycles. The maximum atomic E-state index is 10.2. The van der Waals surface area contributed by atoms with E-state index in [0.717, 1.165) is 68.8 Å². The quantitative estimate of drug-likeness (QED) is 0.307. The second-order valence-corrected chi connectivity index (χ2v) is 7.24. The molecule has 7 heteroatoms. The van der Waals surface area contributed by atoms with E-state index in [0.29, 0.717) is 6.54 Å². The van der Waals surface area contributed by atoms with E-state index in [-0.39, 0.29) is 30.6 Å². The Bertz CT molecular complexity index is 580. The number of guanidine groups is 1. The number of nitrogens with zero attached hydrogens (tertiary/aromatic N) is 2. The minimum absolute atomic E-state index is 0. The van der Waals surface area contributed by atoms with E-state index in [4.69, 9.17) is 9.47 Å². The number of halogens is 1. The molecule has 2 N–H and O–H groups in total. The van der Waals surface area contributed by atoms with Crippen molar-refractivity contribution in [1.29, 1.82) is 0 Å². The summed E-state index contributed by atoms with van der Waals surface area (Å²) in [4.78, 5) is 6.73. The lowest BCUT2D eigenvalue weighted by Crippen LogP contribution is -2.40. The highest BCUT2D eigenvalue weighted by atomic mass is 127. The van der Waals surface area contributed by atoms with Crippen LogP contribution >= 0.6 is 24.0 Å². The number of aryl methyl sites for hydroxylation is 1. The molecule has 1 aromatic rings. The number of hydrogen-bond donors (Lipinski definition) is 2. The summed E-state index contributed by atoms with van der Waals surface area (Å²) >= 11 is 0. The fourth-order valence-corrected chi connectivity index (χ4v) is 3.13. The van der Waals surface area contributed by atoms with Gasteiger partial charge in [0.1, 0.15) is 18.5 Å². The molecule has 1 aromatic carbocycles. The van der Waals surface area contributed by atoms with Gasteiger partial charge in [0, 0.05) is 33.4 Å². The van der Waals surface area contributed by atoms with E-state index in [2.05, 4.69) is 29.2 Å². The van der Waals surface area contributed by atoms with Gasteiger partial charge in [0.15, 0.2) is 5.96 Å². The van der Waals surface area contributed by atoms with Crippen LogP contribution in [0.1, 0.15) is 31.7 Å². The van der Waals surface area contributed by atoms with Crippen molar-refractivity contribution < 1.29 is 14.6 Å². The Morgan fingerprint density at radius 1 is 1.39 bits per heavy atom. The molecule has 0 amide bonds. The Labute approximate surface area is 186 Å². The highest BCUT2D eigenvalue weighted by Gasteiger charge is 2.15. The second-order valence-electron chi connectivity index (χ2n) is 7.24. The number of aliphatic imine (C=N–C) groups is 1. The molecule has 1 unspecified atom stereocenters. The van der Waals surface area contributed by atoms with Crippen molar-refractivity contribution in [3.63, 3.8) is 0 Å².